The zero-order chi connectivity index (χ0) is 9.72. The molecule has 5 heteroatoms. The third-order valence-electron chi connectivity index (χ3n) is 1.59. The molecule has 0 fully saturated rings. The van der Waals surface area contributed by atoms with E-state index in [1.807, 2.05) is 6.92 Å². The van der Waals surface area contributed by atoms with Gasteiger partial charge in [0.25, 0.3) is 0 Å². The maximum absolute atomic E-state index is 11.2. The van der Waals surface area contributed by atoms with E-state index in [0.717, 1.165) is 0 Å². The van der Waals surface area contributed by atoms with Crippen LogP contribution in [0.2, 0.25) is 0 Å². The Labute approximate surface area is 71.7 Å². The van der Waals surface area contributed by atoms with Gasteiger partial charge in [0.2, 0.25) is 11.8 Å². The van der Waals surface area contributed by atoms with Crippen molar-refractivity contribution in [2.45, 2.75) is 19.4 Å². The van der Waals surface area contributed by atoms with Crippen molar-refractivity contribution in [2.24, 2.45) is 11.5 Å². The van der Waals surface area contributed by atoms with Gasteiger partial charge in [0, 0.05) is 13.6 Å². The minimum absolute atomic E-state index is 0.0941. The lowest BCUT2D eigenvalue weighted by atomic mass is 10.2. The quantitative estimate of drug-likeness (QED) is 0.551. The van der Waals surface area contributed by atoms with Crippen LogP contribution >= 0.6 is 0 Å². The summed E-state index contributed by atoms with van der Waals surface area (Å²) in [6, 6.07) is -0.799. The van der Waals surface area contributed by atoms with Gasteiger partial charge in [-0.1, -0.05) is 0 Å². The van der Waals surface area contributed by atoms with Crippen LogP contribution < -0.4 is 11.5 Å². The fraction of sp³-hybridized carbons (Fsp3) is 0.714. The van der Waals surface area contributed by atoms with Crippen LogP contribution in [0.3, 0.4) is 0 Å². The Morgan fingerprint density at radius 3 is 2.33 bits per heavy atom. The average Bonchev–Trinajstić information content (AvgIpc) is 2.00. The van der Waals surface area contributed by atoms with E-state index in [1.165, 1.54) is 4.90 Å². The molecule has 0 aliphatic heterocycles. The van der Waals surface area contributed by atoms with Gasteiger partial charge in [-0.2, -0.15) is 0 Å². The van der Waals surface area contributed by atoms with Crippen molar-refractivity contribution in [3.63, 3.8) is 0 Å². The maximum atomic E-state index is 11.2. The van der Waals surface area contributed by atoms with Gasteiger partial charge >= 0.3 is 0 Å². The highest BCUT2D eigenvalue weighted by Gasteiger charge is 2.18. The second-order valence-corrected chi connectivity index (χ2v) is 2.63. The molecule has 70 valence electrons. The zero-order valence-electron chi connectivity index (χ0n) is 7.41. The van der Waals surface area contributed by atoms with E-state index >= 15 is 0 Å². The Bertz CT molecular complexity index is 181. The molecule has 5 nitrogen and oxygen atoms in total. The highest BCUT2D eigenvalue weighted by atomic mass is 16.2. The van der Waals surface area contributed by atoms with E-state index in [-0.39, 0.29) is 12.3 Å². The van der Waals surface area contributed by atoms with Gasteiger partial charge < -0.3 is 16.4 Å². The third kappa shape index (κ3) is 3.34. The Hall–Kier alpha value is -1.10. The average molecular weight is 173 g/mol. The lowest BCUT2D eigenvalue weighted by Crippen LogP contribution is -2.43. The Balaban J connectivity index is 4.01. The SMILES string of the molecule is CCN(C)C(=O)C(N)CC(N)=O. The van der Waals surface area contributed by atoms with Gasteiger partial charge in [0.1, 0.15) is 0 Å². The fourth-order valence-electron chi connectivity index (χ4n) is 0.743. The molecule has 0 heterocycles. The molecular formula is C7H15N3O2. The van der Waals surface area contributed by atoms with E-state index in [0.29, 0.717) is 6.54 Å². The van der Waals surface area contributed by atoms with Gasteiger partial charge in [0.15, 0.2) is 0 Å². The van der Waals surface area contributed by atoms with E-state index in [1.54, 1.807) is 7.05 Å². The summed E-state index contributed by atoms with van der Waals surface area (Å²) in [6.07, 6.45) is -0.0941. The van der Waals surface area contributed by atoms with Crippen LogP contribution in [0.25, 0.3) is 0 Å². The number of carbonyl (C=O) groups is 2. The number of hydrogen-bond acceptors (Lipinski definition) is 3. The molecule has 1 atom stereocenters. The molecule has 12 heavy (non-hydrogen) atoms. The van der Waals surface area contributed by atoms with Gasteiger partial charge in [-0.25, -0.2) is 0 Å². The minimum atomic E-state index is -0.799. The fourth-order valence-corrected chi connectivity index (χ4v) is 0.743. The summed E-state index contributed by atoms with van der Waals surface area (Å²) in [6.45, 7) is 2.40. The lowest BCUT2D eigenvalue weighted by Gasteiger charge is -2.18. The summed E-state index contributed by atoms with van der Waals surface area (Å²) in [5, 5.41) is 0. The number of rotatable bonds is 4. The molecule has 0 radical (unpaired) electrons. The molecule has 4 N–H and O–H groups in total. The zero-order valence-corrected chi connectivity index (χ0v) is 7.41. The molecule has 2 amide bonds. The predicted molar refractivity (Wildman–Crippen MR) is 45.1 cm³/mol. The molecule has 0 saturated carbocycles. The number of hydrogen-bond donors (Lipinski definition) is 2. The molecule has 0 aromatic carbocycles. The van der Waals surface area contributed by atoms with Crippen LogP contribution in [-0.2, 0) is 9.59 Å². The van der Waals surface area contributed by atoms with E-state index in [2.05, 4.69) is 0 Å². The van der Waals surface area contributed by atoms with Crippen molar-refractivity contribution in [3.8, 4) is 0 Å². The van der Waals surface area contributed by atoms with Crippen molar-refractivity contribution < 1.29 is 9.59 Å². The lowest BCUT2D eigenvalue weighted by molar-refractivity contribution is -0.133. The van der Waals surface area contributed by atoms with Crippen molar-refractivity contribution in [2.75, 3.05) is 13.6 Å². The van der Waals surface area contributed by atoms with Crippen LogP contribution in [0.4, 0.5) is 0 Å². The van der Waals surface area contributed by atoms with Crippen molar-refractivity contribution in [1.82, 2.24) is 4.90 Å². The van der Waals surface area contributed by atoms with Crippen molar-refractivity contribution >= 4 is 11.8 Å². The highest BCUT2D eigenvalue weighted by molar-refractivity contribution is 5.87. The largest absolute Gasteiger partial charge is 0.370 e. The van der Waals surface area contributed by atoms with Crippen LogP contribution in [0, 0.1) is 0 Å². The second kappa shape index (κ2) is 4.71. The summed E-state index contributed by atoms with van der Waals surface area (Å²) in [4.78, 5) is 23.1. The number of amides is 2. The first-order valence-electron chi connectivity index (χ1n) is 3.77. The standard InChI is InChI=1S/C7H15N3O2/c1-3-10(2)7(12)5(8)4-6(9)11/h5H,3-4,8H2,1-2H3,(H2,9,11). The first kappa shape index (κ1) is 10.9. The van der Waals surface area contributed by atoms with Crippen LogP contribution in [0.15, 0.2) is 0 Å². The molecule has 0 aliphatic carbocycles. The molecule has 0 aromatic heterocycles. The van der Waals surface area contributed by atoms with E-state index < -0.39 is 11.9 Å². The molecule has 0 spiro atoms. The molecule has 0 bridgehead atoms. The van der Waals surface area contributed by atoms with Crippen LogP contribution in [-0.4, -0.2) is 36.3 Å². The Kier molecular flexibility index (Phi) is 4.28. The Morgan fingerprint density at radius 2 is 2.00 bits per heavy atom. The first-order valence-corrected chi connectivity index (χ1v) is 3.77. The predicted octanol–water partition coefficient (Wildman–Crippen LogP) is -1.33. The van der Waals surface area contributed by atoms with Crippen LogP contribution in [0.1, 0.15) is 13.3 Å². The third-order valence-corrected chi connectivity index (χ3v) is 1.59. The van der Waals surface area contributed by atoms with Crippen molar-refractivity contribution in [1.29, 1.82) is 0 Å². The maximum Gasteiger partial charge on any atom is 0.239 e. The minimum Gasteiger partial charge on any atom is -0.370 e. The van der Waals surface area contributed by atoms with Crippen molar-refractivity contribution in [3.05, 3.63) is 0 Å². The number of primary amides is 1. The van der Waals surface area contributed by atoms with Crippen LogP contribution in [0.5, 0.6) is 0 Å². The van der Waals surface area contributed by atoms with Gasteiger partial charge in [0.05, 0.1) is 12.5 Å². The summed E-state index contributed by atoms with van der Waals surface area (Å²) in [5.41, 5.74) is 10.3. The first-order chi connectivity index (χ1) is 5.49. The summed E-state index contributed by atoms with van der Waals surface area (Å²) >= 11 is 0. The highest BCUT2D eigenvalue weighted by Crippen LogP contribution is 1.93. The second-order valence-electron chi connectivity index (χ2n) is 2.63. The molecule has 0 aliphatic rings. The number of nitrogens with zero attached hydrogens (tertiary/aromatic N) is 1. The normalized spacial score (nSPS) is 12.2. The van der Waals surface area contributed by atoms with Gasteiger partial charge in [-0.3, -0.25) is 9.59 Å². The molecule has 1 unspecified atom stereocenters. The number of nitrogens with two attached hydrogens (primary N) is 2. The summed E-state index contributed by atoms with van der Waals surface area (Å²) in [5.74, 6) is -0.809. The molecule has 0 aromatic rings. The number of likely N-dealkylation sites (N-methyl/N-ethyl adjacent to an activating group) is 1. The molecular weight excluding hydrogens is 158 g/mol. The smallest absolute Gasteiger partial charge is 0.239 e. The Morgan fingerprint density at radius 1 is 1.50 bits per heavy atom. The number of carbonyl (C=O) groups excluding carboxylic acids is 2. The van der Waals surface area contributed by atoms with Gasteiger partial charge in [-0.15, -0.1) is 0 Å². The summed E-state index contributed by atoms with van der Waals surface area (Å²) < 4.78 is 0. The molecule has 0 rings (SSSR count). The monoisotopic (exact) mass is 173 g/mol. The molecule has 0 saturated heterocycles. The van der Waals surface area contributed by atoms with Gasteiger partial charge in [-0.05, 0) is 6.92 Å². The topological polar surface area (TPSA) is 89.4 Å². The summed E-state index contributed by atoms with van der Waals surface area (Å²) in [7, 11) is 1.63. The van der Waals surface area contributed by atoms with E-state index in [4.69, 9.17) is 11.5 Å². The van der Waals surface area contributed by atoms with E-state index in [9.17, 15) is 9.59 Å².